The number of esters is 1. The van der Waals surface area contributed by atoms with Gasteiger partial charge in [0.25, 0.3) is 0 Å². The Morgan fingerprint density at radius 1 is 0.943 bits per heavy atom. The van der Waals surface area contributed by atoms with Crippen LogP contribution in [0.5, 0.6) is 11.5 Å². The number of carbonyl (C=O) groups is 1. The highest BCUT2D eigenvalue weighted by Crippen LogP contribution is 2.30. The van der Waals surface area contributed by atoms with Crippen molar-refractivity contribution in [1.82, 2.24) is 9.88 Å². The predicted molar refractivity (Wildman–Crippen MR) is 136 cm³/mol. The molecule has 0 aliphatic carbocycles. The molecular formula is C28H33N3O4. The average Bonchev–Trinajstić information content (AvgIpc) is 2.88. The van der Waals surface area contributed by atoms with Gasteiger partial charge in [0.15, 0.2) is 11.5 Å². The van der Waals surface area contributed by atoms with Gasteiger partial charge in [-0.15, -0.1) is 0 Å². The van der Waals surface area contributed by atoms with E-state index in [0.717, 1.165) is 49.8 Å². The summed E-state index contributed by atoms with van der Waals surface area (Å²) in [7, 11) is 1.66. The fraction of sp³-hybridized carbons (Fsp3) is 0.357. The van der Waals surface area contributed by atoms with Crippen molar-refractivity contribution < 1.29 is 19.0 Å². The molecule has 1 fully saturated rings. The second kappa shape index (κ2) is 11.7. The van der Waals surface area contributed by atoms with E-state index in [9.17, 15) is 4.79 Å². The lowest BCUT2D eigenvalue weighted by Crippen LogP contribution is -2.46. The Hall–Kier alpha value is -3.58. The summed E-state index contributed by atoms with van der Waals surface area (Å²) in [6, 6.07) is 19.8. The molecule has 7 nitrogen and oxygen atoms in total. The molecular weight excluding hydrogens is 442 g/mol. The number of anilines is 1. The van der Waals surface area contributed by atoms with Gasteiger partial charge in [-0.2, -0.15) is 0 Å². The van der Waals surface area contributed by atoms with Crippen LogP contribution in [0.1, 0.15) is 35.3 Å². The van der Waals surface area contributed by atoms with E-state index < -0.39 is 0 Å². The van der Waals surface area contributed by atoms with Crippen LogP contribution in [-0.4, -0.2) is 55.2 Å². The first-order valence-electron chi connectivity index (χ1n) is 12.0. The lowest BCUT2D eigenvalue weighted by atomic mass is 10.1. The molecule has 0 spiro atoms. The van der Waals surface area contributed by atoms with E-state index in [1.807, 2.05) is 50.2 Å². The molecule has 4 rings (SSSR count). The van der Waals surface area contributed by atoms with Crippen LogP contribution in [0.15, 0.2) is 66.9 Å². The minimum atomic E-state index is -0.327. The number of methoxy groups -OCH3 is 1. The lowest BCUT2D eigenvalue weighted by molar-refractivity contribution is 0.0378. The third kappa shape index (κ3) is 6.51. The van der Waals surface area contributed by atoms with Crippen LogP contribution in [0.3, 0.4) is 0 Å². The molecule has 35 heavy (non-hydrogen) atoms. The molecule has 1 saturated heterocycles. The van der Waals surface area contributed by atoms with E-state index in [4.69, 9.17) is 14.2 Å². The van der Waals surface area contributed by atoms with Crippen molar-refractivity contribution in [2.24, 2.45) is 0 Å². The van der Waals surface area contributed by atoms with Crippen LogP contribution in [0.4, 0.5) is 5.82 Å². The van der Waals surface area contributed by atoms with Crippen LogP contribution < -0.4 is 14.4 Å². The van der Waals surface area contributed by atoms with Gasteiger partial charge < -0.3 is 19.1 Å². The summed E-state index contributed by atoms with van der Waals surface area (Å²) in [4.78, 5) is 21.6. The molecule has 1 aliphatic heterocycles. The standard InChI is InChI=1S/C28H33N3O4/c1-21(2)35-28(32)24-10-7-13-29-27(24)31-16-14-30(15-17-31)19-23-11-12-25(33-3)26(18-23)34-20-22-8-5-4-6-9-22/h4-13,18,21H,14-17,19-20H2,1-3H3. The molecule has 3 aromatic rings. The van der Waals surface area contributed by atoms with Crippen molar-refractivity contribution in [2.75, 3.05) is 38.2 Å². The van der Waals surface area contributed by atoms with Crippen LogP contribution in [-0.2, 0) is 17.9 Å². The lowest BCUT2D eigenvalue weighted by Gasteiger charge is -2.36. The Balaban J connectivity index is 1.37. The number of rotatable bonds is 9. The van der Waals surface area contributed by atoms with Crippen molar-refractivity contribution in [2.45, 2.75) is 33.1 Å². The van der Waals surface area contributed by atoms with Gasteiger partial charge in [0, 0.05) is 38.9 Å². The SMILES string of the molecule is COc1ccc(CN2CCN(c3ncccc3C(=O)OC(C)C)CC2)cc1OCc1ccccc1. The zero-order valence-corrected chi connectivity index (χ0v) is 20.6. The van der Waals surface area contributed by atoms with E-state index in [1.165, 1.54) is 5.56 Å². The van der Waals surface area contributed by atoms with E-state index in [0.29, 0.717) is 18.0 Å². The average molecular weight is 476 g/mol. The number of ether oxygens (including phenoxy) is 3. The highest BCUT2D eigenvalue weighted by molar-refractivity contribution is 5.94. The third-order valence-electron chi connectivity index (χ3n) is 5.89. The molecule has 0 bridgehead atoms. The summed E-state index contributed by atoms with van der Waals surface area (Å²) in [5.41, 5.74) is 2.80. The van der Waals surface area contributed by atoms with Crippen molar-refractivity contribution in [3.05, 3.63) is 83.6 Å². The Kier molecular flexibility index (Phi) is 8.21. The fourth-order valence-corrected chi connectivity index (χ4v) is 4.13. The minimum absolute atomic E-state index is 0.168. The Labute approximate surface area is 207 Å². The number of pyridine rings is 1. The first-order valence-corrected chi connectivity index (χ1v) is 12.0. The molecule has 184 valence electrons. The number of benzene rings is 2. The highest BCUT2D eigenvalue weighted by Gasteiger charge is 2.24. The molecule has 1 aliphatic rings. The van der Waals surface area contributed by atoms with Crippen LogP contribution in [0.25, 0.3) is 0 Å². The summed E-state index contributed by atoms with van der Waals surface area (Å²) in [6.45, 7) is 8.30. The van der Waals surface area contributed by atoms with Gasteiger partial charge >= 0.3 is 5.97 Å². The maximum Gasteiger partial charge on any atom is 0.342 e. The number of nitrogens with zero attached hydrogens (tertiary/aromatic N) is 3. The molecule has 0 atom stereocenters. The van der Waals surface area contributed by atoms with Crippen LogP contribution in [0.2, 0.25) is 0 Å². The van der Waals surface area contributed by atoms with E-state index >= 15 is 0 Å². The number of aromatic nitrogens is 1. The number of hydrogen-bond acceptors (Lipinski definition) is 7. The van der Waals surface area contributed by atoms with Crippen LogP contribution >= 0.6 is 0 Å². The van der Waals surface area contributed by atoms with E-state index in [-0.39, 0.29) is 12.1 Å². The molecule has 0 amide bonds. The predicted octanol–water partition coefficient (Wildman–Crippen LogP) is 4.56. The highest BCUT2D eigenvalue weighted by atomic mass is 16.5. The molecule has 0 saturated carbocycles. The summed E-state index contributed by atoms with van der Waals surface area (Å²) in [5.74, 6) is 1.84. The fourth-order valence-electron chi connectivity index (χ4n) is 4.13. The van der Waals surface area contributed by atoms with E-state index in [1.54, 1.807) is 25.4 Å². The summed E-state index contributed by atoms with van der Waals surface area (Å²) >= 11 is 0. The van der Waals surface area contributed by atoms with Gasteiger partial charge in [0.2, 0.25) is 0 Å². The van der Waals surface area contributed by atoms with Gasteiger partial charge in [-0.3, -0.25) is 4.90 Å². The zero-order chi connectivity index (χ0) is 24.6. The largest absolute Gasteiger partial charge is 0.493 e. The molecule has 7 heteroatoms. The Morgan fingerprint density at radius 3 is 2.43 bits per heavy atom. The van der Waals surface area contributed by atoms with Crippen molar-refractivity contribution in [1.29, 1.82) is 0 Å². The molecule has 0 radical (unpaired) electrons. The number of carbonyl (C=O) groups excluding carboxylic acids is 1. The summed E-state index contributed by atoms with van der Waals surface area (Å²) in [6.07, 6.45) is 1.56. The van der Waals surface area contributed by atoms with Gasteiger partial charge in [0.05, 0.1) is 13.2 Å². The molecule has 0 N–H and O–H groups in total. The summed E-state index contributed by atoms with van der Waals surface area (Å²) in [5, 5.41) is 0. The Bertz CT molecular complexity index is 1110. The number of hydrogen-bond donors (Lipinski definition) is 0. The topological polar surface area (TPSA) is 64.1 Å². The van der Waals surface area contributed by atoms with Gasteiger partial charge in [-0.1, -0.05) is 36.4 Å². The van der Waals surface area contributed by atoms with Crippen molar-refractivity contribution >= 4 is 11.8 Å². The molecule has 2 aromatic carbocycles. The molecule has 0 unspecified atom stereocenters. The second-order valence-corrected chi connectivity index (χ2v) is 8.85. The zero-order valence-electron chi connectivity index (χ0n) is 20.6. The van der Waals surface area contributed by atoms with Gasteiger partial charge in [0.1, 0.15) is 18.0 Å². The minimum Gasteiger partial charge on any atom is -0.493 e. The van der Waals surface area contributed by atoms with Gasteiger partial charge in [-0.25, -0.2) is 9.78 Å². The molecule has 2 heterocycles. The van der Waals surface area contributed by atoms with Gasteiger partial charge in [-0.05, 0) is 49.2 Å². The monoisotopic (exact) mass is 475 g/mol. The maximum atomic E-state index is 12.5. The van der Waals surface area contributed by atoms with Crippen LogP contribution in [0, 0.1) is 0 Å². The Morgan fingerprint density at radius 2 is 1.71 bits per heavy atom. The third-order valence-corrected chi connectivity index (χ3v) is 5.89. The number of piperazine rings is 1. The van der Waals surface area contributed by atoms with Crippen molar-refractivity contribution in [3.8, 4) is 11.5 Å². The maximum absolute atomic E-state index is 12.5. The van der Waals surface area contributed by atoms with Crippen molar-refractivity contribution in [3.63, 3.8) is 0 Å². The smallest absolute Gasteiger partial charge is 0.342 e. The summed E-state index contributed by atoms with van der Waals surface area (Å²) < 4.78 is 17.0. The second-order valence-electron chi connectivity index (χ2n) is 8.85. The molecule has 1 aromatic heterocycles. The first-order chi connectivity index (χ1) is 17.0. The van der Waals surface area contributed by atoms with E-state index in [2.05, 4.69) is 26.9 Å². The first kappa shape index (κ1) is 24.5. The quantitative estimate of drug-likeness (QED) is 0.421. The normalized spacial score (nSPS) is 14.1.